The van der Waals surface area contributed by atoms with Crippen LogP contribution in [0.2, 0.25) is 0 Å². The molecule has 0 fully saturated rings. The highest BCUT2D eigenvalue weighted by molar-refractivity contribution is 9.10. The fourth-order valence-corrected chi connectivity index (χ4v) is 1.77. The first kappa shape index (κ1) is 14.4. The molecule has 4 nitrogen and oxygen atoms in total. The molecule has 96 valence electrons. The summed E-state index contributed by atoms with van der Waals surface area (Å²) in [6.07, 6.45) is 0. The number of halogens is 1. The zero-order chi connectivity index (χ0) is 12.5. The maximum Gasteiger partial charge on any atom is 0.120 e. The number of nitrogens with two attached hydrogens (primary N) is 1. The number of ether oxygens (including phenoxy) is 3. The van der Waals surface area contributed by atoms with Crippen molar-refractivity contribution in [3.63, 3.8) is 0 Å². The summed E-state index contributed by atoms with van der Waals surface area (Å²) < 4.78 is 16.7. The van der Waals surface area contributed by atoms with E-state index in [1.807, 2.05) is 18.2 Å². The molecule has 0 heterocycles. The molecule has 0 bridgehead atoms. The van der Waals surface area contributed by atoms with Gasteiger partial charge in [-0.2, -0.15) is 0 Å². The summed E-state index contributed by atoms with van der Waals surface area (Å²) in [6, 6.07) is 5.77. The largest absolute Gasteiger partial charge is 0.491 e. The molecule has 17 heavy (non-hydrogen) atoms. The van der Waals surface area contributed by atoms with Crippen molar-refractivity contribution >= 4 is 15.9 Å². The van der Waals surface area contributed by atoms with Crippen LogP contribution in [0.1, 0.15) is 5.56 Å². The molecule has 0 aromatic heterocycles. The van der Waals surface area contributed by atoms with Crippen LogP contribution in [0, 0.1) is 0 Å². The van der Waals surface area contributed by atoms with Crippen LogP contribution < -0.4 is 10.5 Å². The van der Waals surface area contributed by atoms with Crippen molar-refractivity contribution in [2.75, 3.05) is 33.5 Å². The highest BCUT2D eigenvalue weighted by Gasteiger charge is 2.00. The van der Waals surface area contributed by atoms with Crippen LogP contribution in [0.15, 0.2) is 22.7 Å². The summed E-state index contributed by atoms with van der Waals surface area (Å²) in [5.41, 5.74) is 6.63. The predicted molar refractivity (Wildman–Crippen MR) is 70.2 cm³/mol. The van der Waals surface area contributed by atoms with Crippen LogP contribution in [0.4, 0.5) is 0 Å². The molecule has 0 saturated carbocycles. The molecule has 0 aliphatic heterocycles. The molecule has 1 aromatic rings. The maximum atomic E-state index is 5.57. The number of benzene rings is 1. The standard InChI is InChI=1S/C12H18BrNO3/c1-15-4-5-16-6-7-17-11-3-2-10(9-14)12(13)8-11/h2-3,8H,4-7,9,14H2,1H3. The normalized spacial score (nSPS) is 10.5. The maximum absolute atomic E-state index is 5.57. The topological polar surface area (TPSA) is 53.7 Å². The Bertz CT molecular complexity index is 334. The van der Waals surface area contributed by atoms with Crippen molar-refractivity contribution in [3.05, 3.63) is 28.2 Å². The molecule has 0 amide bonds. The fourth-order valence-electron chi connectivity index (χ4n) is 1.25. The number of hydrogen-bond acceptors (Lipinski definition) is 4. The summed E-state index contributed by atoms with van der Waals surface area (Å²) in [4.78, 5) is 0. The van der Waals surface area contributed by atoms with Crippen LogP contribution in [0.3, 0.4) is 0 Å². The second-order valence-corrected chi connectivity index (χ2v) is 4.27. The van der Waals surface area contributed by atoms with E-state index in [9.17, 15) is 0 Å². The molecule has 0 unspecified atom stereocenters. The van der Waals surface area contributed by atoms with Crippen molar-refractivity contribution in [2.24, 2.45) is 5.73 Å². The van der Waals surface area contributed by atoms with Gasteiger partial charge in [-0.1, -0.05) is 22.0 Å². The van der Waals surface area contributed by atoms with E-state index in [0.717, 1.165) is 15.8 Å². The quantitative estimate of drug-likeness (QED) is 0.746. The van der Waals surface area contributed by atoms with E-state index < -0.39 is 0 Å². The van der Waals surface area contributed by atoms with Crippen molar-refractivity contribution in [1.29, 1.82) is 0 Å². The smallest absolute Gasteiger partial charge is 0.120 e. The minimum atomic E-state index is 0.515. The third kappa shape index (κ3) is 5.50. The summed E-state index contributed by atoms with van der Waals surface area (Å²) >= 11 is 3.44. The van der Waals surface area contributed by atoms with Crippen molar-refractivity contribution in [2.45, 2.75) is 6.54 Å². The average Bonchev–Trinajstić information content (AvgIpc) is 2.34. The highest BCUT2D eigenvalue weighted by Crippen LogP contribution is 2.22. The van der Waals surface area contributed by atoms with Gasteiger partial charge in [0.1, 0.15) is 12.4 Å². The van der Waals surface area contributed by atoms with Gasteiger partial charge >= 0.3 is 0 Å². The van der Waals surface area contributed by atoms with Gasteiger partial charge < -0.3 is 19.9 Å². The van der Waals surface area contributed by atoms with Crippen LogP contribution in [0.25, 0.3) is 0 Å². The average molecular weight is 304 g/mol. The van der Waals surface area contributed by atoms with Crippen LogP contribution >= 0.6 is 15.9 Å². The summed E-state index contributed by atoms with van der Waals surface area (Å²) in [7, 11) is 1.65. The second kappa shape index (κ2) is 8.47. The Kier molecular flexibility index (Phi) is 7.19. The molecule has 0 aliphatic carbocycles. The number of hydrogen-bond donors (Lipinski definition) is 1. The monoisotopic (exact) mass is 303 g/mol. The molecule has 0 radical (unpaired) electrons. The van der Waals surface area contributed by atoms with Gasteiger partial charge in [-0.25, -0.2) is 0 Å². The van der Waals surface area contributed by atoms with E-state index in [2.05, 4.69) is 15.9 Å². The first-order valence-corrected chi connectivity index (χ1v) is 6.25. The molecule has 5 heteroatoms. The van der Waals surface area contributed by atoms with Gasteiger partial charge in [0.25, 0.3) is 0 Å². The minimum Gasteiger partial charge on any atom is -0.491 e. The van der Waals surface area contributed by atoms with Crippen LogP contribution in [-0.2, 0) is 16.0 Å². The third-order valence-corrected chi connectivity index (χ3v) is 2.91. The lowest BCUT2D eigenvalue weighted by molar-refractivity contribution is 0.0544. The minimum absolute atomic E-state index is 0.515. The molecule has 1 aromatic carbocycles. The lowest BCUT2D eigenvalue weighted by Gasteiger charge is -2.08. The lowest BCUT2D eigenvalue weighted by Crippen LogP contribution is -2.10. The SMILES string of the molecule is COCCOCCOc1ccc(CN)c(Br)c1. The predicted octanol–water partition coefficient (Wildman–Crippen LogP) is 1.95. The van der Waals surface area contributed by atoms with E-state index in [0.29, 0.717) is 33.0 Å². The Morgan fingerprint density at radius 1 is 1.18 bits per heavy atom. The first-order chi connectivity index (χ1) is 8.27. The summed E-state index contributed by atoms with van der Waals surface area (Å²) in [6.45, 7) is 2.80. The van der Waals surface area contributed by atoms with Gasteiger partial charge in [0.2, 0.25) is 0 Å². The molecule has 0 saturated heterocycles. The van der Waals surface area contributed by atoms with E-state index in [-0.39, 0.29) is 0 Å². The number of rotatable bonds is 8. The van der Waals surface area contributed by atoms with Crippen LogP contribution in [0.5, 0.6) is 5.75 Å². The van der Waals surface area contributed by atoms with Crippen molar-refractivity contribution in [3.8, 4) is 5.75 Å². The number of methoxy groups -OCH3 is 1. The summed E-state index contributed by atoms with van der Waals surface area (Å²) in [5.74, 6) is 0.810. The summed E-state index contributed by atoms with van der Waals surface area (Å²) in [5, 5.41) is 0. The molecule has 0 spiro atoms. The molecular weight excluding hydrogens is 286 g/mol. The van der Waals surface area contributed by atoms with E-state index in [1.54, 1.807) is 7.11 Å². The Balaban J connectivity index is 2.25. The molecule has 0 atom stereocenters. The molecule has 2 N–H and O–H groups in total. The Labute approximate surface area is 110 Å². The lowest BCUT2D eigenvalue weighted by atomic mass is 10.2. The molecular formula is C12H18BrNO3. The Hall–Kier alpha value is -0.620. The third-order valence-electron chi connectivity index (χ3n) is 2.17. The van der Waals surface area contributed by atoms with E-state index >= 15 is 0 Å². The fraction of sp³-hybridized carbons (Fsp3) is 0.500. The van der Waals surface area contributed by atoms with Gasteiger partial charge in [-0.05, 0) is 17.7 Å². The highest BCUT2D eigenvalue weighted by atomic mass is 79.9. The first-order valence-electron chi connectivity index (χ1n) is 5.46. The van der Waals surface area contributed by atoms with Gasteiger partial charge in [-0.3, -0.25) is 0 Å². The zero-order valence-electron chi connectivity index (χ0n) is 9.95. The molecule has 1 rings (SSSR count). The van der Waals surface area contributed by atoms with Gasteiger partial charge in [-0.15, -0.1) is 0 Å². The van der Waals surface area contributed by atoms with Gasteiger partial charge in [0.05, 0.1) is 19.8 Å². The second-order valence-electron chi connectivity index (χ2n) is 3.41. The van der Waals surface area contributed by atoms with Crippen LogP contribution in [-0.4, -0.2) is 33.5 Å². The Morgan fingerprint density at radius 2 is 1.94 bits per heavy atom. The Morgan fingerprint density at radius 3 is 2.59 bits per heavy atom. The zero-order valence-corrected chi connectivity index (χ0v) is 11.5. The van der Waals surface area contributed by atoms with Gasteiger partial charge in [0, 0.05) is 18.1 Å². The molecule has 0 aliphatic rings. The van der Waals surface area contributed by atoms with Gasteiger partial charge in [0.15, 0.2) is 0 Å². The van der Waals surface area contributed by atoms with E-state index in [4.69, 9.17) is 19.9 Å². The van der Waals surface area contributed by atoms with Crippen molar-refractivity contribution in [1.82, 2.24) is 0 Å². The van der Waals surface area contributed by atoms with Crippen molar-refractivity contribution < 1.29 is 14.2 Å². The van der Waals surface area contributed by atoms with E-state index in [1.165, 1.54) is 0 Å².